The molecule has 0 saturated carbocycles. The lowest BCUT2D eigenvalue weighted by Gasteiger charge is -2.16. The summed E-state index contributed by atoms with van der Waals surface area (Å²) in [6, 6.07) is 7.75. The molecule has 0 fully saturated rings. The third-order valence-corrected chi connectivity index (χ3v) is 3.14. The van der Waals surface area contributed by atoms with Crippen molar-refractivity contribution in [3.63, 3.8) is 0 Å². The summed E-state index contributed by atoms with van der Waals surface area (Å²) in [6.45, 7) is 0.819. The molecule has 0 spiro atoms. The summed E-state index contributed by atoms with van der Waals surface area (Å²) in [7, 11) is 1.91. The van der Waals surface area contributed by atoms with Crippen LogP contribution in [0, 0.1) is 0 Å². The van der Waals surface area contributed by atoms with Crippen LogP contribution >= 0.6 is 13.5 Å². The largest absolute Gasteiger partial charge is 0.478 e. The first-order valence-electron chi connectivity index (χ1n) is 6.54. The van der Waals surface area contributed by atoms with Crippen LogP contribution in [0.4, 0.5) is 0 Å². The van der Waals surface area contributed by atoms with Gasteiger partial charge < -0.3 is 18.9 Å². The second kappa shape index (κ2) is 7.19. The van der Waals surface area contributed by atoms with Crippen molar-refractivity contribution in [1.29, 1.82) is 0 Å². The Kier molecular flexibility index (Phi) is 5.30. The highest BCUT2D eigenvalue weighted by molar-refractivity contribution is 7.59. The van der Waals surface area contributed by atoms with Crippen LogP contribution in [0.15, 0.2) is 52.0 Å². The lowest BCUT2D eigenvalue weighted by Crippen LogP contribution is -2.16. The Labute approximate surface area is 129 Å². The molecular formula is C15H18N2O3S. The number of rotatable bonds is 6. The van der Waals surface area contributed by atoms with E-state index >= 15 is 0 Å². The van der Waals surface area contributed by atoms with Gasteiger partial charge in [0.05, 0.1) is 12.5 Å². The highest BCUT2D eigenvalue weighted by Crippen LogP contribution is 2.31. The molecule has 1 atom stereocenters. The molecule has 0 aliphatic rings. The van der Waals surface area contributed by atoms with Gasteiger partial charge in [-0.2, -0.15) is 13.5 Å². The maximum Gasteiger partial charge on any atom is 0.181 e. The highest BCUT2D eigenvalue weighted by Gasteiger charge is 2.18. The van der Waals surface area contributed by atoms with Crippen molar-refractivity contribution in [2.24, 2.45) is 0 Å². The minimum absolute atomic E-state index is 0. The van der Waals surface area contributed by atoms with Crippen molar-refractivity contribution in [3.05, 3.63) is 48.9 Å². The first-order chi connectivity index (χ1) is 9.88. The Bertz CT molecular complexity index is 666. The van der Waals surface area contributed by atoms with Crippen molar-refractivity contribution < 1.29 is 13.6 Å². The number of benzene rings is 1. The average molecular weight is 306 g/mol. The number of nitrogens with zero attached hydrogens (tertiary/aromatic N) is 1. The molecule has 0 saturated heterocycles. The summed E-state index contributed by atoms with van der Waals surface area (Å²) in [5, 5.41) is 4.13. The fourth-order valence-electron chi connectivity index (χ4n) is 2.13. The number of hydrogen-bond acceptors (Lipinski definition) is 5. The van der Waals surface area contributed by atoms with Gasteiger partial charge >= 0.3 is 0 Å². The molecule has 2 aromatic heterocycles. The number of hydrogen-bond donors (Lipinski definition) is 1. The van der Waals surface area contributed by atoms with Crippen molar-refractivity contribution in [1.82, 2.24) is 10.3 Å². The smallest absolute Gasteiger partial charge is 0.181 e. The normalized spacial score (nSPS) is 12.0. The van der Waals surface area contributed by atoms with Crippen LogP contribution in [0.2, 0.25) is 0 Å². The Morgan fingerprint density at radius 3 is 2.95 bits per heavy atom. The number of oxazole rings is 1. The number of para-hydroxylation sites is 1. The highest BCUT2D eigenvalue weighted by atomic mass is 32.1. The zero-order valence-corrected chi connectivity index (χ0v) is 12.7. The van der Waals surface area contributed by atoms with Gasteiger partial charge in [-0.05, 0) is 25.7 Å². The predicted molar refractivity (Wildman–Crippen MR) is 85.0 cm³/mol. The molecule has 21 heavy (non-hydrogen) atoms. The van der Waals surface area contributed by atoms with Crippen LogP contribution in [0.5, 0.6) is 5.75 Å². The van der Waals surface area contributed by atoms with Gasteiger partial charge in [-0.15, -0.1) is 0 Å². The second-order valence-corrected chi connectivity index (χ2v) is 4.50. The van der Waals surface area contributed by atoms with Crippen molar-refractivity contribution in [2.45, 2.75) is 12.5 Å². The van der Waals surface area contributed by atoms with Crippen LogP contribution in [-0.2, 0) is 0 Å². The van der Waals surface area contributed by atoms with E-state index in [2.05, 4.69) is 10.3 Å². The monoisotopic (exact) mass is 306 g/mol. The van der Waals surface area contributed by atoms with Gasteiger partial charge in [0.25, 0.3) is 0 Å². The van der Waals surface area contributed by atoms with E-state index in [1.54, 1.807) is 12.5 Å². The molecule has 0 amide bonds. The molecule has 5 nitrogen and oxygen atoms in total. The quantitative estimate of drug-likeness (QED) is 0.757. The number of furan rings is 1. The lowest BCUT2D eigenvalue weighted by molar-refractivity contribution is 0.167. The molecule has 0 radical (unpaired) electrons. The first kappa shape index (κ1) is 15.5. The minimum Gasteiger partial charge on any atom is -0.478 e. The summed E-state index contributed by atoms with van der Waals surface area (Å²) in [6.07, 6.45) is 5.35. The third kappa shape index (κ3) is 3.40. The Morgan fingerprint density at radius 2 is 2.19 bits per heavy atom. The van der Waals surface area contributed by atoms with Gasteiger partial charge in [-0.3, -0.25) is 0 Å². The maximum absolute atomic E-state index is 6.07. The third-order valence-electron chi connectivity index (χ3n) is 3.14. The van der Waals surface area contributed by atoms with Crippen LogP contribution in [0.25, 0.3) is 11.0 Å². The Balaban J connectivity index is 0.00000161. The van der Waals surface area contributed by atoms with Crippen molar-refractivity contribution in [3.8, 4) is 5.75 Å². The standard InChI is InChI=1S/C15H16N2O3.H2S/c1-16-7-5-12(14-9-17-10-19-14)20-13-4-2-3-11-6-8-18-15(11)13;/h2-4,6,8-10,12,16H,5,7H2,1H3;1H2/t12-;/m0./s1. The number of aromatic nitrogens is 1. The SMILES string of the molecule is CNCC[C@H](Oc1cccc2ccoc12)c1cnco1.S. The Morgan fingerprint density at radius 1 is 1.29 bits per heavy atom. The second-order valence-electron chi connectivity index (χ2n) is 4.50. The molecule has 1 aromatic carbocycles. The van der Waals surface area contributed by atoms with Crippen LogP contribution in [0.3, 0.4) is 0 Å². The van der Waals surface area contributed by atoms with Gasteiger partial charge in [0.15, 0.2) is 29.6 Å². The summed E-state index contributed by atoms with van der Waals surface area (Å²) < 4.78 is 16.9. The molecule has 0 aliphatic carbocycles. The van der Waals surface area contributed by atoms with E-state index < -0.39 is 0 Å². The van der Waals surface area contributed by atoms with E-state index in [0.717, 1.165) is 23.9 Å². The fraction of sp³-hybridized carbons (Fsp3) is 0.267. The van der Waals surface area contributed by atoms with Crippen LogP contribution < -0.4 is 10.1 Å². The van der Waals surface area contributed by atoms with Crippen LogP contribution in [0.1, 0.15) is 18.3 Å². The van der Waals surface area contributed by atoms with E-state index in [1.165, 1.54) is 6.39 Å². The van der Waals surface area contributed by atoms with Gasteiger partial charge in [0.1, 0.15) is 0 Å². The molecule has 0 unspecified atom stereocenters. The number of fused-ring (bicyclic) bond motifs is 1. The topological polar surface area (TPSA) is 60.4 Å². The molecule has 1 N–H and O–H groups in total. The van der Waals surface area contributed by atoms with E-state index in [-0.39, 0.29) is 19.6 Å². The van der Waals surface area contributed by atoms with Gasteiger partial charge in [-0.1, -0.05) is 12.1 Å². The molecular weight excluding hydrogens is 288 g/mol. The first-order valence-corrected chi connectivity index (χ1v) is 6.54. The lowest BCUT2D eigenvalue weighted by atomic mass is 10.2. The summed E-state index contributed by atoms with van der Waals surface area (Å²) in [5.74, 6) is 1.42. The van der Waals surface area contributed by atoms with E-state index in [9.17, 15) is 0 Å². The van der Waals surface area contributed by atoms with E-state index in [1.807, 2.05) is 31.3 Å². The molecule has 2 heterocycles. The zero-order valence-electron chi connectivity index (χ0n) is 11.7. The Hall–Kier alpha value is -1.92. The van der Waals surface area contributed by atoms with Crippen molar-refractivity contribution in [2.75, 3.05) is 13.6 Å². The molecule has 3 rings (SSSR count). The minimum atomic E-state index is -0.194. The molecule has 0 bridgehead atoms. The van der Waals surface area contributed by atoms with E-state index in [0.29, 0.717) is 11.5 Å². The fourth-order valence-corrected chi connectivity index (χ4v) is 2.13. The van der Waals surface area contributed by atoms with E-state index in [4.69, 9.17) is 13.6 Å². The molecule has 112 valence electrons. The predicted octanol–water partition coefficient (Wildman–Crippen LogP) is 3.26. The zero-order chi connectivity index (χ0) is 13.8. The summed E-state index contributed by atoms with van der Waals surface area (Å²) in [5.41, 5.74) is 0.751. The molecule has 3 aromatic rings. The van der Waals surface area contributed by atoms with Crippen molar-refractivity contribution >= 4 is 24.5 Å². The summed E-state index contributed by atoms with van der Waals surface area (Å²) in [4.78, 5) is 3.95. The number of ether oxygens (including phenoxy) is 1. The van der Waals surface area contributed by atoms with Gasteiger partial charge in [0, 0.05) is 11.8 Å². The summed E-state index contributed by atoms with van der Waals surface area (Å²) >= 11 is 0. The van der Waals surface area contributed by atoms with Crippen LogP contribution in [-0.4, -0.2) is 18.6 Å². The maximum atomic E-state index is 6.07. The molecule has 0 aliphatic heterocycles. The molecule has 6 heteroatoms. The average Bonchev–Trinajstić information content (AvgIpc) is 3.14. The van der Waals surface area contributed by atoms with Gasteiger partial charge in [0.2, 0.25) is 0 Å². The number of nitrogens with one attached hydrogen (secondary N) is 1. The van der Waals surface area contributed by atoms with Gasteiger partial charge in [-0.25, -0.2) is 4.98 Å².